The minimum atomic E-state index is 0.414. The van der Waals surface area contributed by atoms with Crippen LogP contribution < -0.4 is 16.6 Å². The lowest BCUT2D eigenvalue weighted by Crippen LogP contribution is -2.33. The van der Waals surface area contributed by atoms with E-state index in [1.54, 1.807) is 11.3 Å². The Kier molecular flexibility index (Phi) is 3.52. The second kappa shape index (κ2) is 5.18. The van der Waals surface area contributed by atoms with Crippen molar-refractivity contribution in [2.75, 3.05) is 17.3 Å². The van der Waals surface area contributed by atoms with E-state index in [0.717, 1.165) is 29.0 Å². The quantitative estimate of drug-likeness (QED) is 0.583. The molecule has 3 rings (SSSR count). The lowest BCUT2D eigenvalue weighted by molar-refractivity contribution is 0.180. The molecule has 0 saturated heterocycles. The van der Waals surface area contributed by atoms with Crippen molar-refractivity contribution in [2.24, 2.45) is 11.3 Å². The first-order chi connectivity index (χ1) is 9.63. The summed E-state index contributed by atoms with van der Waals surface area (Å²) in [4.78, 5) is 11.2. The predicted octanol–water partition coefficient (Wildman–Crippen LogP) is 3.14. The molecule has 0 unspecified atom stereocenters. The molecular formula is C14H21N5S. The Labute approximate surface area is 123 Å². The van der Waals surface area contributed by atoms with Gasteiger partial charge in [0.25, 0.3) is 0 Å². The van der Waals surface area contributed by atoms with Crippen LogP contribution in [0, 0.1) is 5.41 Å². The summed E-state index contributed by atoms with van der Waals surface area (Å²) in [6, 6.07) is 2.19. The third-order valence-electron chi connectivity index (χ3n) is 4.16. The van der Waals surface area contributed by atoms with Crippen molar-refractivity contribution in [3.8, 4) is 0 Å². The Balaban J connectivity index is 1.92. The molecule has 1 fully saturated rings. The Morgan fingerprint density at radius 2 is 2.20 bits per heavy atom. The van der Waals surface area contributed by atoms with E-state index in [9.17, 15) is 0 Å². The standard InChI is InChI=1S/C14H21N5S/c1-3-9-7-10-11(16-8-14(2)5-4-6-14)17-13(19-15)18-12(10)20-9/h7H,3-6,8,15H2,1-2H3,(H2,16,17,18,19). The van der Waals surface area contributed by atoms with E-state index >= 15 is 0 Å². The molecule has 2 heterocycles. The minimum Gasteiger partial charge on any atom is -0.369 e. The van der Waals surface area contributed by atoms with Gasteiger partial charge in [0.15, 0.2) is 0 Å². The lowest BCUT2D eigenvalue weighted by atomic mass is 9.70. The first kappa shape index (κ1) is 13.6. The molecule has 2 aromatic heterocycles. The van der Waals surface area contributed by atoms with Crippen LogP contribution in [-0.4, -0.2) is 16.5 Å². The van der Waals surface area contributed by atoms with Gasteiger partial charge in [-0.1, -0.05) is 20.3 Å². The maximum Gasteiger partial charge on any atom is 0.240 e. The molecular weight excluding hydrogens is 270 g/mol. The zero-order chi connectivity index (χ0) is 14.2. The molecule has 5 nitrogen and oxygen atoms in total. The number of nitrogens with two attached hydrogens (primary N) is 1. The fourth-order valence-electron chi connectivity index (χ4n) is 2.60. The normalized spacial score (nSPS) is 16.9. The molecule has 0 amide bonds. The van der Waals surface area contributed by atoms with Crippen molar-refractivity contribution in [1.82, 2.24) is 9.97 Å². The van der Waals surface area contributed by atoms with Gasteiger partial charge in [0.2, 0.25) is 5.95 Å². The van der Waals surface area contributed by atoms with Crippen LogP contribution in [0.15, 0.2) is 6.07 Å². The fourth-order valence-corrected chi connectivity index (χ4v) is 3.57. The summed E-state index contributed by atoms with van der Waals surface area (Å²) in [6.45, 7) is 5.44. The third kappa shape index (κ3) is 2.45. The van der Waals surface area contributed by atoms with Crippen LogP contribution in [0.25, 0.3) is 10.2 Å². The van der Waals surface area contributed by atoms with Crippen molar-refractivity contribution >= 4 is 33.3 Å². The van der Waals surface area contributed by atoms with E-state index < -0.39 is 0 Å². The summed E-state index contributed by atoms with van der Waals surface area (Å²) < 4.78 is 0. The molecule has 0 radical (unpaired) electrons. The van der Waals surface area contributed by atoms with E-state index in [4.69, 9.17) is 5.84 Å². The van der Waals surface area contributed by atoms with Gasteiger partial charge in [0, 0.05) is 11.4 Å². The molecule has 1 saturated carbocycles. The molecule has 2 aromatic rings. The maximum atomic E-state index is 5.47. The van der Waals surface area contributed by atoms with E-state index in [0.29, 0.717) is 11.4 Å². The van der Waals surface area contributed by atoms with Gasteiger partial charge in [-0.05, 0) is 30.7 Å². The molecule has 1 aliphatic rings. The third-order valence-corrected chi connectivity index (χ3v) is 5.34. The number of rotatable bonds is 5. The number of hydrazine groups is 1. The number of fused-ring (bicyclic) bond motifs is 1. The van der Waals surface area contributed by atoms with Crippen LogP contribution in [-0.2, 0) is 6.42 Å². The lowest BCUT2D eigenvalue weighted by Gasteiger charge is -2.38. The van der Waals surface area contributed by atoms with Crippen molar-refractivity contribution in [3.05, 3.63) is 10.9 Å². The van der Waals surface area contributed by atoms with Crippen molar-refractivity contribution in [1.29, 1.82) is 0 Å². The topological polar surface area (TPSA) is 75.9 Å². The summed E-state index contributed by atoms with van der Waals surface area (Å²) in [6.07, 6.45) is 4.94. The van der Waals surface area contributed by atoms with Gasteiger partial charge in [-0.15, -0.1) is 11.3 Å². The number of nitrogens with zero attached hydrogens (tertiary/aromatic N) is 2. The summed E-state index contributed by atoms with van der Waals surface area (Å²) in [7, 11) is 0. The van der Waals surface area contributed by atoms with Crippen molar-refractivity contribution in [3.63, 3.8) is 0 Å². The Morgan fingerprint density at radius 1 is 1.40 bits per heavy atom. The summed E-state index contributed by atoms with van der Waals surface area (Å²) >= 11 is 1.71. The first-order valence-corrected chi connectivity index (χ1v) is 7.96. The highest BCUT2D eigenvalue weighted by molar-refractivity contribution is 7.18. The maximum absolute atomic E-state index is 5.47. The van der Waals surface area contributed by atoms with Gasteiger partial charge >= 0.3 is 0 Å². The first-order valence-electron chi connectivity index (χ1n) is 7.14. The smallest absolute Gasteiger partial charge is 0.240 e. The SMILES string of the molecule is CCc1cc2c(NCC3(C)CCC3)nc(NN)nc2s1. The van der Waals surface area contributed by atoms with Crippen LogP contribution >= 0.6 is 11.3 Å². The summed E-state index contributed by atoms with van der Waals surface area (Å²) in [5.41, 5.74) is 2.97. The van der Waals surface area contributed by atoms with Crippen molar-refractivity contribution in [2.45, 2.75) is 39.5 Å². The molecule has 20 heavy (non-hydrogen) atoms. The Bertz CT molecular complexity index is 617. The molecule has 0 spiro atoms. The van der Waals surface area contributed by atoms with E-state index in [1.165, 1.54) is 24.1 Å². The number of hydrogen-bond acceptors (Lipinski definition) is 6. The number of nitrogens with one attached hydrogen (secondary N) is 2. The van der Waals surface area contributed by atoms with Gasteiger partial charge in [0.05, 0.1) is 5.39 Å². The van der Waals surface area contributed by atoms with E-state index in [1.807, 2.05) is 0 Å². The second-order valence-electron chi connectivity index (χ2n) is 5.84. The number of hydrogen-bond donors (Lipinski definition) is 3. The zero-order valence-electron chi connectivity index (χ0n) is 12.0. The molecule has 6 heteroatoms. The van der Waals surface area contributed by atoms with Gasteiger partial charge < -0.3 is 5.32 Å². The van der Waals surface area contributed by atoms with Gasteiger partial charge in [0.1, 0.15) is 10.6 Å². The molecule has 1 aliphatic carbocycles. The van der Waals surface area contributed by atoms with Crippen LogP contribution in [0.2, 0.25) is 0 Å². The van der Waals surface area contributed by atoms with Gasteiger partial charge in [-0.25, -0.2) is 10.8 Å². The molecule has 4 N–H and O–H groups in total. The van der Waals surface area contributed by atoms with Crippen LogP contribution in [0.1, 0.15) is 38.0 Å². The summed E-state index contributed by atoms with van der Waals surface area (Å²) in [5.74, 6) is 6.84. The Morgan fingerprint density at radius 3 is 2.80 bits per heavy atom. The highest BCUT2D eigenvalue weighted by Gasteiger charge is 2.31. The fraction of sp³-hybridized carbons (Fsp3) is 0.571. The van der Waals surface area contributed by atoms with Crippen molar-refractivity contribution < 1.29 is 0 Å². The minimum absolute atomic E-state index is 0.414. The number of aryl methyl sites for hydroxylation is 1. The zero-order valence-corrected chi connectivity index (χ0v) is 12.8. The average Bonchev–Trinajstić information content (AvgIpc) is 2.85. The average molecular weight is 291 g/mol. The van der Waals surface area contributed by atoms with E-state index in [2.05, 4.69) is 40.6 Å². The van der Waals surface area contributed by atoms with Crippen LogP contribution in [0.5, 0.6) is 0 Å². The van der Waals surface area contributed by atoms with E-state index in [-0.39, 0.29) is 0 Å². The summed E-state index contributed by atoms with van der Waals surface area (Å²) in [5, 5.41) is 4.61. The highest BCUT2D eigenvalue weighted by atomic mass is 32.1. The van der Waals surface area contributed by atoms with Crippen LogP contribution in [0.3, 0.4) is 0 Å². The van der Waals surface area contributed by atoms with Gasteiger partial charge in [-0.2, -0.15) is 4.98 Å². The van der Waals surface area contributed by atoms with Gasteiger partial charge in [-0.3, -0.25) is 5.43 Å². The highest BCUT2D eigenvalue weighted by Crippen LogP contribution is 2.40. The van der Waals surface area contributed by atoms with Crippen LogP contribution in [0.4, 0.5) is 11.8 Å². The molecule has 108 valence electrons. The number of aromatic nitrogens is 2. The molecule has 0 atom stereocenters. The Hall–Kier alpha value is -1.40. The molecule has 0 aliphatic heterocycles. The monoisotopic (exact) mass is 291 g/mol. The predicted molar refractivity (Wildman–Crippen MR) is 85.1 cm³/mol. The number of nitrogen functional groups attached to an aromatic ring is 1. The largest absolute Gasteiger partial charge is 0.369 e. The molecule has 0 aromatic carbocycles. The molecule has 0 bridgehead atoms. The number of anilines is 2. The second-order valence-corrected chi connectivity index (χ2v) is 6.96. The number of thiophene rings is 1.